The Labute approximate surface area is 116 Å². The summed E-state index contributed by atoms with van der Waals surface area (Å²) in [5, 5.41) is 18.3. The van der Waals surface area contributed by atoms with E-state index in [2.05, 4.69) is 0 Å². The summed E-state index contributed by atoms with van der Waals surface area (Å²) in [6.45, 7) is -0.0864. The van der Waals surface area contributed by atoms with E-state index in [0.29, 0.717) is 0 Å². The molecule has 0 aliphatic carbocycles. The fraction of sp³-hybridized carbons (Fsp3) is 0.250. The van der Waals surface area contributed by atoms with Crippen LogP contribution in [-0.2, 0) is 0 Å². The summed E-state index contributed by atoms with van der Waals surface area (Å²) in [6.07, 6.45) is 0. The summed E-state index contributed by atoms with van der Waals surface area (Å²) >= 11 is 4.07. The second-order valence-corrected chi connectivity index (χ2v) is 4.95. The van der Waals surface area contributed by atoms with E-state index in [0.717, 1.165) is 12.7 Å². The zero-order valence-electron chi connectivity index (χ0n) is 7.08. The molecule has 1 atom stereocenters. The van der Waals surface area contributed by atoms with E-state index >= 15 is 0 Å². The summed E-state index contributed by atoms with van der Waals surface area (Å²) < 4.78 is 1.51. The third kappa shape index (κ3) is 3.37. The smallest absolute Gasteiger partial charge is 0.142 e. The SMILES string of the molecule is Cl.N[C@@H](CO)c1cc(I)c(O)c(I)c1. The van der Waals surface area contributed by atoms with Crippen molar-refractivity contribution in [3.8, 4) is 5.75 Å². The molecule has 0 spiro atoms. The zero-order valence-corrected chi connectivity index (χ0v) is 12.2. The van der Waals surface area contributed by atoms with Gasteiger partial charge in [-0.3, -0.25) is 0 Å². The number of aliphatic hydroxyl groups excluding tert-OH is 1. The molecule has 0 unspecified atom stereocenters. The van der Waals surface area contributed by atoms with Crippen molar-refractivity contribution in [2.45, 2.75) is 6.04 Å². The van der Waals surface area contributed by atoms with Gasteiger partial charge >= 0.3 is 0 Å². The highest BCUT2D eigenvalue weighted by Crippen LogP contribution is 2.28. The van der Waals surface area contributed by atoms with Crippen LogP contribution in [0.3, 0.4) is 0 Å². The van der Waals surface area contributed by atoms with Crippen LogP contribution in [0.1, 0.15) is 11.6 Å². The van der Waals surface area contributed by atoms with Crippen LogP contribution in [0, 0.1) is 7.14 Å². The molecule has 14 heavy (non-hydrogen) atoms. The van der Waals surface area contributed by atoms with Crippen LogP contribution in [0.5, 0.6) is 5.75 Å². The molecule has 4 N–H and O–H groups in total. The minimum atomic E-state index is -0.373. The Morgan fingerprint density at radius 1 is 1.29 bits per heavy atom. The highest BCUT2D eigenvalue weighted by atomic mass is 127. The van der Waals surface area contributed by atoms with Crippen molar-refractivity contribution in [3.05, 3.63) is 24.8 Å². The monoisotopic (exact) mass is 441 g/mol. The number of benzene rings is 1. The number of hydrogen-bond acceptors (Lipinski definition) is 3. The number of hydrogen-bond donors (Lipinski definition) is 3. The quantitative estimate of drug-likeness (QED) is 0.616. The van der Waals surface area contributed by atoms with Crippen LogP contribution in [-0.4, -0.2) is 16.8 Å². The molecular formula is C8H10ClI2NO2. The molecule has 0 radical (unpaired) electrons. The van der Waals surface area contributed by atoms with Gasteiger partial charge in [0.15, 0.2) is 0 Å². The van der Waals surface area contributed by atoms with E-state index in [1.165, 1.54) is 0 Å². The minimum absolute atomic E-state index is 0. The van der Waals surface area contributed by atoms with Crippen molar-refractivity contribution in [1.82, 2.24) is 0 Å². The van der Waals surface area contributed by atoms with Gasteiger partial charge in [0.05, 0.1) is 19.8 Å². The highest BCUT2D eigenvalue weighted by Gasteiger charge is 2.10. The summed E-state index contributed by atoms with van der Waals surface area (Å²) in [6, 6.07) is 3.18. The molecule has 80 valence electrons. The lowest BCUT2D eigenvalue weighted by molar-refractivity contribution is 0.268. The molecule has 1 aromatic carbocycles. The van der Waals surface area contributed by atoms with Crippen molar-refractivity contribution in [2.75, 3.05) is 6.61 Å². The molecule has 0 heterocycles. The third-order valence-electron chi connectivity index (χ3n) is 1.66. The van der Waals surface area contributed by atoms with Crippen LogP contribution in [0.25, 0.3) is 0 Å². The Morgan fingerprint density at radius 3 is 2.07 bits per heavy atom. The van der Waals surface area contributed by atoms with E-state index in [4.69, 9.17) is 10.8 Å². The lowest BCUT2D eigenvalue weighted by atomic mass is 10.1. The predicted molar refractivity (Wildman–Crippen MR) is 74.8 cm³/mol. The second-order valence-electron chi connectivity index (χ2n) is 2.62. The molecule has 0 saturated carbocycles. The second kappa shape index (κ2) is 6.31. The van der Waals surface area contributed by atoms with Crippen molar-refractivity contribution in [1.29, 1.82) is 0 Å². The van der Waals surface area contributed by atoms with Crippen LogP contribution in [0.4, 0.5) is 0 Å². The number of aliphatic hydroxyl groups is 1. The molecule has 0 aliphatic heterocycles. The maximum Gasteiger partial charge on any atom is 0.142 e. The van der Waals surface area contributed by atoms with Gasteiger partial charge in [0, 0.05) is 0 Å². The summed E-state index contributed by atoms with van der Waals surface area (Å²) in [5.41, 5.74) is 6.49. The molecule has 0 amide bonds. The van der Waals surface area contributed by atoms with Crippen LogP contribution < -0.4 is 5.73 Å². The van der Waals surface area contributed by atoms with Gasteiger partial charge in [-0.15, -0.1) is 12.4 Å². The molecule has 0 bridgehead atoms. The predicted octanol–water partition coefficient (Wildman–Crippen LogP) is 2.02. The molecule has 0 aliphatic rings. The van der Waals surface area contributed by atoms with Gasteiger partial charge in [-0.1, -0.05) is 0 Å². The molecule has 1 rings (SSSR count). The molecule has 0 fully saturated rings. The number of halogens is 3. The minimum Gasteiger partial charge on any atom is -0.506 e. The Morgan fingerprint density at radius 2 is 1.71 bits per heavy atom. The maximum absolute atomic E-state index is 9.47. The molecule has 0 aromatic heterocycles. The summed E-state index contributed by atoms with van der Waals surface area (Å²) in [7, 11) is 0. The van der Waals surface area contributed by atoms with Crippen molar-refractivity contribution in [2.24, 2.45) is 5.73 Å². The lowest BCUT2D eigenvalue weighted by Crippen LogP contribution is -2.14. The first-order chi connectivity index (χ1) is 6.06. The fourth-order valence-electron chi connectivity index (χ4n) is 0.905. The van der Waals surface area contributed by atoms with E-state index in [1.54, 1.807) is 12.1 Å². The van der Waals surface area contributed by atoms with Gasteiger partial charge in [-0.2, -0.15) is 0 Å². The van der Waals surface area contributed by atoms with Crippen LogP contribution >= 0.6 is 57.6 Å². The van der Waals surface area contributed by atoms with E-state index in [9.17, 15) is 5.11 Å². The van der Waals surface area contributed by atoms with Crippen LogP contribution in [0.2, 0.25) is 0 Å². The molecule has 3 nitrogen and oxygen atoms in total. The van der Waals surface area contributed by atoms with E-state index in [-0.39, 0.29) is 30.8 Å². The number of phenols is 1. The number of phenolic OH excluding ortho intramolecular Hbond substituents is 1. The first-order valence-electron chi connectivity index (χ1n) is 3.60. The topological polar surface area (TPSA) is 66.5 Å². The summed E-state index contributed by atoms with van der Waals surface area (Å²) in [4.78, 5) is 0. The largest absolute Gasteiger partial charge is 0.506 e. The van der Waals surface area contributed by atoms with Crippen molar-refractivity contribution >= 4 is 57.6 Å². The van der Waals surface area contributed by atoms with Gasteiger partial charge in [0.25, 0.3) is 0 Å². The normalized spacial score (nSPS) is 12.0. The standard InChI is InChI=1S/C8H9I2NO2.ClH/c9-5-1-4(7(11)3-12)2-6(10)8(5)13;/h1-2,7,12-13H,3,11H2;1H/t7-;/m0./s1. The van der Waals surface area contributed by atoms with Crippen LogP contribution in [0.15, 0.2) is 12.1 Å². The van der Waals surface area contributed by atoms with Gasteiger partial charge in [-0.05, 0) is 62.9 Å². The Bertz CT molecular complexity index is 299. The average Bonchev–Trinajstić information content (AvgIpc) is 2.12. The summed E-state index contributed by atoms with van der Waals surface area (Å²) in [5.74, 6) is 0.273. The number of rotatable bonds is 2. The van der Waals surface area contributed by atoms with E-state index in [1.807, 2.05) is 45.2 Å². The molecular weight excluding hydrogens is 431 g/mol. The highest BCUT2D eigenvalue weighted by molar-refractivity contribution is 14.1. The Hall–Kier alpha value is 0.690. The maximum atomic E-state index is 9.47. The van der Waals surface area contributed by atoms with Gasteiger partial charge in [0.1, 0.15) is 5.75 Å². The van der Waals surface area contributed by atoms with Gasteiger partial charge < -0.3 is 15.9 Å². The van der Waals surface area contributed by atoms with E-state index < -0.39 is 0 Å². The Balaban J connectivity index is 0.00000169. The van der Waals surface area contributed by atoms with Gasteiger partial charge in [0.2, 0.25) is 0 Å². The third-order valence-corrected chi connectivity index (χ3v) is 3.31. The fourth-order valence-corrected chi connectivity index (χ4v) is 2.72. The first kappa shape index (κ1) is 14.7. The molecule has 1 aromatic rings. The molecule has 0 saturated heterocycles. The molecule has 6 heteroatoms. The van der Waals surface area contributed by atoms with Crippen molar-refractivity contribution in [3.63, 3.8) is 0 Å². The Kier molecular flexibility index (Phi) is 6.62. The zero-order chi connectivity index (χ0) is 10.0. The number of aromatic hydroxyl groups is 1. The average molecular weight is 441 g/mol. The van der Waals surface area contributed by atoms with Crippen molar-refractivity contribution < 1.29 is 10.2 Å². The lowest BCUT2D eigenvalue weighted by Gasteiger charge is -2.10. The first-order valence-corrected chi connectivity index (χ1v) is 5.76. The van der Waals surface area contributed by atoms with Gasteiger partial charge in [-0.25, -0.2) is 0 Å². The number of nitrogens with two attached hydrogens (primary N) is 1.